The molecule has 0 radical (unpaired) electrons. The minimum Gasteiger partial charge on any atom is -0.334 e. The van der Waals surface area contributed by atoms with Crippen LogP contribution < -0.4 is 5.73 Å². The van der Waals surface area contributed by atoms with Gasteiger partial charge in [0.15, 0.2) is 0 Å². The molecule has 1 aliphatic carbocycles. The summed E-state index contributed by atoms with van der Waals surface area (Å²) in [5, 5.41) is 0. The average molecular weight is 207 g/mol. The Kier molecular flexibility index (Phi) is 3.78. The van der Waals surface area contributed by atoms with Crippen LogP contribution in [0.3, 0.4) is 0 Å². The SMILES string of the molecule is NCCCc1cncn1CC1CCCC1. The topological polar surface area (TPSA) is 43.8 Å². The molecule has 1 aromatic rings. The largest absolute Gasteiger partial charge is 0.334 e. The van der Waals surface area contributed by atoms with Crippen molar-refractivity contribution in [3.8, 4) is 0 Å². The molecule has 1 fully saturated rings. The van der Waals surface area contributed by atoms with Gasteiger partial charge in [0.2, 0.25) is 0 Å². The molecule has 2 N–H and O–H groups in total. The molecule has 0 saturated heterocycles. The Morgan fingerprint density at radius 1 is 1.40 bits per heavy atom. The van der Waals surface area contributed by atoms with Crippen LogP contribution in [0, 0.1) is 5.92 Å². The van der Waals surface area contributed by atoms with Gasteiger partial charge in [-0.3, -0.25) is 0 Å². The zero-order chi connectivity index (χ0) is 10.5. The standard InChI is InChI=1S/C12H21N3/c13-7-3-6-12-8-14-10-15(12)9-11-4-1-2-5-11/h8,10-11H,1-7,9,13H2. The van der Waals surface area contributed by atoms with E-state index in [0.717, 1.165) is 25.3 Å². The lowest BCUT2D eigenvalue weighted by Gasteiger charge is -2.12. The van der Waals surface area contributed by atoms with Gasteiger partial charge in [0.25, 0.3) is 0 Å². The summed E-state index contributed by atoms with van der Waals surface area (Å²) in [5.74, 6) is 0.885. The Morgan fingerprint density at radius 3 is 2.93 bits per heavy atom. The second-order valence-electron chi connectivity index (χ2n) is 4.58. The molecule has 0 amide bonds. The van der Waals surface area contributed by atoms with Gasteiger partial charge in [0, 0.05) is 18.4 Å². The number of aryl methyl sites for hydroxylation is 1. The summed E-state index contributed by atoms with van der Waals surface area (Å²) in [6.45, 7) is 1.94. The molecule has 0 aliphatic heterocycles. The summed E-state index contributed by atoms with van der Waals surface area (Å²) in [5.41, 5.74) is 6.88. The Balaban J connectivity index is 1.91. The number of imidazole rings is 1. The summed E-state index contributed by atoms with van der Waals surface area (Å²) in [6.07, 6.45) is 11.7. The predicted molar refractivity (Wildman–Crippen MR) is 61.6 cm³/mol. The van der Waals surface area contributed by atoms with E-state index in [4.69, 9.17) is 5.73 Å². The van der Waals surface area contributed by atoms with Crippen molar-refractivity contribution >= 4 is 0 Å². The fourth-order valence-electron chi connectivity index (χ4n) is 2.48. The van der Waals surface area contributed by atoms with Crippen molar-refractivity contribution in [1.29, 1.82) is 0 Å². The molecular weight excluding hydrogens is 186 g/mol. The fraction of sp³-hybridized carbons (Fsp3) is 0.750. The number of rotatable bonds is 5. The van der Waals surface area contributed by atoms with Crippen molar-refractivity contribution in [2.24, 2.45) is 11.7 Å². The fourth-order valence-corrected chi connectivity index (χ4v) is 2.48. The third-order valence-corrected chi connectivity index (χ3v) is 3.37. The summed E-state index contributed by atoms with van der Waals surface area (Å²) in [6, 6.07) is 0. The lowest BCUT2D eigenvalue weighted by atomic mass is 10.1. The van der Waals surface area contributed by atoms with E-state index >= 15 is 0 Å². The monoisotopic (exact) mass is 207 g/mol. The number of hydrogen-bond acceptors (Lipinski definition) is 2. The molecule has 1 heterocycles. The maximum absolute atomic E-state index is 5.53. The van der Waals surface area contributed by atoms with Crippen molar-refractivity contribution in [3.63, 3.8) is 0 Å². The van der Waals surface area contributed by atoms with Crippen LogP contribution in [0.25, 0.3) is 0 Å². The van der Waals surface area contributed by atoms with Gasteiger partial charge in [-0.2, -0.15) is 0 Å². The number of hydrogen-bond donors (Lipinski definition) is 1. The summed E-state index contributed by atoms with van der Waals surface area (Å²) in [7, 11) is 0. The highest BCUT2D eigenvalue weighted by Crippen LogP contribution is 2.26. The Hall–Kier alpha value is -0.830. The van der Waals surface area contributed by atoms with Crippen molar-refractivity contribution < 1.29 is 0 Å². The molecule has 1 aromatic heterocycles. The summed E-state index contributed by atoms with van der Waals surface area (Å²) in [4.78, 5) is 4.24. The van der Waals surface area contributed by atoms with Crippen LogP contribution in [0.2, 0.25) is 0 Å². The van der Waals surface area contributed by atoms with Gasteiger partial charge in [-0.05, 0) is 38.1 Å². The highest BCUT2D eigenvalue weighted by atomic mass is 15.0. The third-order valence-electron chi connectivity index (χ3n) is 3.37. The van der Waals surface area contributed by atoms with Crippen molar-refractivity contribution in [2.45, 2.75) is 45.1 Å². The van der Waals surface area contributed by atoms with E-state index in [1.54, 1.807) is 0 Å². The molecule has 0 aromatic carbocycles. The van der Waals surface area contributed by atoms with Gasteiger partial charge >= 0.3 is 0 Å². The molecular formula is C12H21N3. The molecule has 3 heteroatoms. The first kappa shape index (κ1) is 10.7. The van der Waals surface area contributed by atoms with E-state index in [-0.39, 0.29) is 0 Å². The van der Waals surface area contributed by atoms with Gasteiger partial charge < -0.3 is 10.3 Å². The predicted octanol–water partition coefficient (Wildman–Crippen LogP) is 1.96. The van der Waals surface area contributed by atoms with E-state index in [0.29, 0.717) is 0 Å². The van der Waals surface area contributed by atoms with Crippen molar-refractivity contribution in [3.05, 3.63) is 18.2 Å². The van der Waals surface area contributed by atoms with Crippen LogP contribution >= 0.6 is 0 Å². The van der Waals surface area contributed by atoms with Crippen LogP contribution in [0.4, 0.5) is 0 Å². The Bertz CT molecular complexity index is 287. The van der Waals surface area contributed by atoms with E-state index in [9.17, 15) is 0 Å². The molecule has 1 saturated carbocycles. The highest BCUT2D eigenvalue weighted by Gasteiger charge is 2.16. The van der Waals surface area contributed by atoms with Gasteiger partial charge in [0.05, 0.1) is 6.33 Å². The molecule has 0 spiro atoms. The van der Waals surface area contributed by atoms with Crippen LogP contribution in [-0.2, 0) is 13.0 Å². The lowest BCUT2D eigenvalue weighted by Crippen LogP contribution is -2.10. The van der Waals surface area contributed by atoms with E-state index in [2.05, 4.69) is 9.55 Å². The van der Waals surface area contributed by atoms with E-state index in [1.165, 1.54) is 37.9 Å². The Morgan fingerprint density at radius 2 is 2.20 bits per heavy atom. The van der Waals surface area contributed by atoms with Crippen LogP contribution in [-0.4, -0.2) is 16.1 Å². The smallest absolute Gasteiger partial charge is 0.0948 e. The number of aromatic nitrogens is 2. The van der Waals surface area contributed by atoms with E-state index in [1.807, 2.05) is 12.5 Å². The second kappa shape index (κ2) is 5.31. The van der Waals surface area contributed by atoms with Crippen LogP contribution in [0.5, 0.6) is 0 Å². The van der Waals surface area contributed by atoms with E-state index < -0.39 is 0 Å². The molecule has 15 heavy (non-hydrogen) atoms. The molecule has 2 rings (SSSR count). The average Bonchev–Trinajstić information content (AvgIpc) is 2.87. The molecule has 3 nitrogen and oxygen atoms in total. The van der Waals surface area contributed by atoms with Gasteiger partial charge in [-0.25, -0.2) is 4.98 Å². The highest BCUT2D eigenvalue weighted by molar-refractivity contribution is 4.99. The number of nitrogens with two attached hydrogens (primary N) is 1. The van der Waals surface area contributed by atoms with Gasteiger partial charge in [-0.1, -0.05) is 12.8 Å². The second-order valence-corrected chi connectivity index (χ2v) is 4.58. The minimum absolute atomic E-state index is 0.772. The van der Waals surface area contributed by atoms with Gasteiger partial charge in [-0.15, -0.1) is 0 Å². The zero-order valence-corrected chi connectivity index (χ0v) is 9.36. The first-order valence-corrected chi connectivity index (χ1v) is 6.09. The normalized spacial score (nSPS) is 17.4. The van der Waals surface area contributed by atoms with Crippen LogP contribution in [0.15, 0.2) is 12.5 Å². The Labute approximate surface area is 91.7 Å². The molecule has 0 unspecified atom stereocenters. The van der Waals surface area contributed by atoms with Gasteiger partial charge in [0.1, 0.15) is 0 Å². The molecule has 84 valence electrons. The lowest BCUT2D eigenvalue weighted by molar-refractivity contribution is 0.447. The molecule has 0 atom stereocenters. The minimum atomic E-state index is 0.772. The van der Waals surface area contributed by atoms with Crippen molar-refractivity contribution in [2.75, 3.05) is 6.54 Å². The maximum Gasteiger partial charge on any atom is 0.0948 e. The zero-order valence-electron chi connectivity index (χ0n) is 9.36. The molecule has 1 aliphatic rings. The first-order chi connectivity index (χ1) is 7.40. The third kappa shape index (κ3) is 2.81. The van der Waals surface area contributed by atoms with Crippen molar-refractivity contribution in [1.82, 2.24) is 9.55 Å². The number of nitrogens with zero attached hydrogens (tertiary/aromatic N) is 2. The summed E-state index contributed by atoms with van der Waals surface area (Å²) >= 11 is 0. The quantitative estimate of drug-likeness (QED) is 0.802. The summed E-state index contributed by atoms with van der Waals surface area (Å²) < 4.78 is 2.33. The first-order valence-electron chi connectivity index (χ1n) is 6.09. The maximum atomic E-state index is 5.53. The molecule has 0 bridgehead atoms. The van der Waals surface area contributed by atoms with Crippen LogP contribution in [0.1, 0.15) is 37.8 Å².